The third kappa shape index (κ3) is 3.40. The van der Waals surface area contributed by atoms with Crippen molar-refractivity contribution in [1.82, 2.24) is 29.8 Å². The van der Waals surface area contributed by atoms with E-state index in [0.717, 1.165) is 78.6 Å². The van der Waals surface area contributed by atoms with Gasteiger partial charge in [0.1, 0.15) is 11.5 Å². The van der Waals surface area contributed by atoms with E-state index in [1.54, 1.807) is 0 Å². The summed E-state index contributed by atoms with van der Waals surface area (Å²) in [6.45, 7) is 1.84. The van der Waals surface area contributed by atoms with Crippen LogP contribution < -0.4 is 10.6 Å². The monoisotopic (exact) mass is 429 g/mol. The molecule has 2 N–H and O–H groups in total. The number of hydrogen-bond acceptors (Lipinski definition) is 7. The van der Waals surface area contributed by atoms with E-state index < -0.39 is 0 Å². The number of anilines is 2. The van der Waals surface area contributed by atoms with Crippen molar-refractivity contribution in [3.8, 4) is 0 Å². The van der Waals surface area contributed by atoms with E-state index in [2.05, 4.69) is 37.3 Å². The van der Waals surface area contributed by atoms with Crippen LogP contribution in [0.5, 0.6) is 0 Å². The molecule has 0 radical (unpaired) electrons. The Kier molecular flexibility index (Phi) is 4.96. The fraction of sp³-hybridized carbons (Fsp3) is 0.417. The van der Waals surface area contributed by atoms with Crippen molar-refractivity contribution in [2.24, 2.45) is 0 Å². The fourth-order valence-electron chi connectivity index (χ4n) is 5.16. The molecular formula is C24H27N7O. The van der Waals surface area contributed by atoms with Gasteiger partial charge >= 0.3 is 0 Å². The van der Waals surface area contributed by atoms with Crippen LogP contribution in [-0.2, 0) is 17.7 Å². The Hall–Kier alpha value is -3.10. The van der Waals surface area contributed by atoms with E-state index in [-0.39, 0.29) is 0 Å². The van der Waals surface area contributed by atoms with E-state index >= 15 is 0 Å². The highest BCUT2D eigenvalue weighted by atomic mass is 16.5. The van der Waals surface area contributed by atoms with Gasteiger partial charge in [0.05, 0.1) is 17.8 Å². The molecule has 0 bridgehead atoms. The highest BCUT2D eigenvalue weighted by Gasteiger charge is 2.26. The highest BCUT2D eigenvalue weighted by Crippen LogP contribution is 2.37. The average molecular weight is 430 g/mol. The Labute approximate surface area is 186 Å². The second kappa shape index (κ2) is 8.11. The van der Waals surface area contributed by atoms with Gasteiger partial charge in [-0.25, -0.2) is 9.97 Å². The molecule has 8 heteroatoms. The second-order valence-corrected chi connectivity index (χ2v) is 8.71. The van der Waals surface area contributed by atoms with E-state index in [4.69, 9.17) is 14.7 Å². The summed E-state index contributed by atoms with van der Waals surface area (Å²) >= 11 is 0. The van der Waals surface area contributed by atoms with Crippen LogP contribution in [0, 0.1) is 0 Å². The largest absolute Gasteiger partial charge is 0.381 e. The minimum atomic E-state index is 0.356. The zero-order chi connectivity index (χ0) is 21.5. The number of aromatic nitrogens is 5. The molecule has 0 spiro atoms. The first kappa shape index (κ1) is 19.6. The standard InChI is InChI=1S/C24H27N7O/c1-32-17-5-3-16(4-6-17)31-21-14-26-10-8-18(21)19-13-27-24(30-23(19)31)29-22-7-2-15-12-25-11-9-20(15)28-22/h2,7-8,10,13-14,16-17,25H,3-6,9,11-12H2,1H3,(H,27,28,29,30). The molecule has 1 aliphatic carbocycles. The molecule has 4 aromatic heterocycles. The first-order valence-electron chi connectivity index (χ1n) is 11.4. The van der Waals surface area contributed by atoms with Gasteiger partial charge in [-0.2, -0.15) is 4.98 Å². The number of nitrogens with one attached hydrogen (secondary N) is 2. The summed E-state index contributed by atoms with van der Waals surface area (Å²) in [5.41, 5.74) is 4.48. The quantitative estimate of drug-likeness (QED) is 0.509. The summed E-state index contributed by atoms with van der Waals surface area (Å²) in [6, 6.07) is 6.57. The van der Waals surface area contributed by atoms with Gasteiger partial charge in [0.15, 0.2) is 0 Å². The molecule has 0 unspecified atom stereocenters. The lowest BCUT2D eigenvalue weighted by Gasteiger charge is -2.29. The summed E-state index contributed by atoms with van der Waals surface area (Å²) in [7, 11) is 1.81. The van der Waals surface area contributed by atoms with E-state index in [1.807, 2.05) is 31.8 Å². The Morgan fingerprint density at radius 2 is 1.97 bits per heavy atom. The summed E-state index contributed by atoms with van der Waals surface area (Å²) in [5.74, 6) is 1.36. The Morgan fingerprint density at radius 3 is 2.84 bits per heavy atom. The molecule has 8 nitrogen and oxygen atoms in total. The molecular weight excluding hydrogens is 402 g/mol. The minimum Gasteiger partial charge on any atom is -0.381 e. The average Bonchev–Trinajstić information content (AvgIpc) is 3.17. The van der Waals surface area contributed by atoms with Crippen molar-refractivity contribution >= 4 is 33.7 Å². The van der Waals surface area contributed by atoms with Crippen LogP contribution in [0.15, 0.2) is 36.8 Å². The lowest BCUT2D eigenvalue weighted by Crippen LogP contribution is -2.24. The van der Waals surface area contributed by atoms with Crippen molar-refractivity contribution in [2.45, 2.75) is 50.8 Å². The molecule has 5 heterocycles. The van der Waals surface area contributed by atoms with Crippen molar-refractivity contribution in [2.75, 3.05) is 19.0 Å². The van der Waals surface area contributed by atoms with Gasteiger partial charge in [0, 0.05) is 61.5 Å². The molecule has 4 aromatic rings. The van der Waals surface area contributed by atoms with Gasteiger partial charge in [-0.1, -0.05) is 6.07 Å². The normalized spacial score (nSPS) is 21.0. The van der Waals surface area contributed by atoms with Gasteiger partial charge in [0.2, 0.25) is 5.95 Å². The number of pyridine rings is 2. The molecule has 2 aliphatic rings. The maximum Gasteiger partial charge on any atom is 0.230 e. The molecule has 0 aromatic carbocycles. The Morgan fingerprint density at radius 1 is 1.06 bits per heavy atom. The molecule has 1 aliphatic heterocycles. The predicted molar refractivity (Wildman–Crippen MR) is 124 cm³/mol. The van der Waals surface area contributed by atoms with Gasteiger partial charge in [-0.05, 0) is 43.4 Å². The van der Waals surface area contributed by atoms with Gasteiger partial charge in [-0.3, -0.25) is 4.98 Å². The number of methoxy groups -OCH3 is 1. The lowest BCUT2D eigenvalue weighted by atomic mass is 9.92. The molecule has 0 amide bonds. The maximum absolute atomic E-state index is 5.59. The first-order chi connectivity index (χ1) is 15.8. The summed E-state index contributed by atoms with van der Waals surface area (Å²) in [5, 5.41) is 8.93. The molecule has 0 saturated heterocycles. The summed E-state index contributed by atoms with van der Waals surface area (Å²) in [4.78, 5) is 18.8. The van der Waals surface area contributed by atoms with E-state index in [0.29, 0.717) is 18.1 Å². The number of fused-ring (bicyclic) bond motifs is 4. The molecule has 32 heavy (non-hydrogen) atoms. The van der Waals surface area contributed by atoms with Crippen molar-refractivity contribution < 1.29 is 4.74 Å². The van der Waals surface area contributed by atoms with Crippen LogP contribution >= 0.6 is 0 Å². The Bertz CT molecular complexity index is 1280. The molecule has 1 fully saturated rings. The van der Waals surface area contributed by atoms with Crippen LogP contribution in [0.1, 0.15) is 43.0 Å². The molecule has 6 rings (SSSR count). The summed E-state index contributed by atoms with van der Waals surface area (Å²) < 4.78 is 7.95. The SMILES string of the molecule is COC1CCC(n2c3cnccc3c3cnc(Nc4ccc5c(n4)CCNC5)nc32)CC1. The summed E-state index contributed by atoms with van der Waals surface area (Å²) in [6.07, 6.45) is 11.3. The van der Waals surface area contributed by atoms with Crippen LogP contribution in [0.3, 0.4) is 0 Å². The van der Waals surface area contributed by atoms with E-state index in [9.17, 15) is 0 Å². The van der Waals surface area contributed by atoms with Crippen molar-refractivity contribution in [1.29, 1.82) is 0 Å². The molecule has 0 atom stereocenters. The molecule has 164 valence electrons. The van der Waals surface area contributed by atoms with E-state index in [1.165, 1.54) is 5.56 Å². The third-order valence-corrected chi connectivity index (χ3v) is 6.85. The number of rotatable bonds is 4. The molecule has 1 saturated carbocycles. The second-order valence-electron chi connectivity index (χ2n) is 8.71. The van der Waals surface area contributed by atoms with Crippen LogP contribution in [0.4, 0.5) is 11.8 Å². The smallest absolute Gasteiger partial charge is 0.230 e. The number of hydrogen-bond donors (Lipinski definition) is 2. The van der Waals surface area contributed by atoms with Gasteiger partial charge in [0.25, 0.3) is 0 Å². The number of ether oxygens (including phenoxy) is 1. The van der Waals surface area contributed by atoms with Crippen LogP contribution in [0.25, 0.3) is 21.9 Å². The number of nitrogens with zero attached hydrogens (tertiary/aromatic N) is 5. The zero-order valence-electron chi connectivity index (χ0n) is 18.2. The first-order valence-corrected chi connectivity index (χ1v) is 11.4. The van der Waals surface area contributed by atoms with Crippen LogP contribution in [0.2, 0.25) is 0 Å². The third-order valence-electron chi connectivity index (χ3n) is 6.85. The lowest BCUT2D eigenvalue weighted by molar-refractivity contribution is 0.0594. The van der Waals surface area contributed by atoms with Gasteiger partial charge in [-0.15, -0.1) is 0 Å². The zero-order valence-corrected chi connectivity index (χ0v) is 18.2. The topological polar surface area (TPSA) is 89.8 Å². The van der Waals surface area contributed by atoms with Crippen molar-refractivity contribution in [3.05, 3.63) is 48.0 Å². The highest BCUT2D eigenvalue weighted by molar-refractivity contribution is 6.06. The predicted octanol–water partition coefficient (Wildman–Crippen LogP) is 3.89. The Balaban J connectivity index is 1.39. The minimum absolute atomic E-state index is 0.356. The van der Waals surface area contributed by atoms with Crippen molar-refractivity contribution in [3.63, 3.8) is 0 Å². The van der Waals surface area contributed by atoms with Gasteiger partial charge < -0.3 is 19.9 Å². The van der Waals surface area contributed by atoms with Crippen LogP contribution in [-0.4, -0.2) is 44.3 Å². The maximum atomic E-state index is 5.59. The fourth-order valence-corrected chi connectivity index (χ4v) is 5.16.